The maximum Gasteiger partial charge on any atom is 0.325 e. The standard InChI is InChI=1S/C19H16BrN3O3/c1-19(14-5-2-4-13(10-14)12-21)17(24)23(18(25)22-19)8-9-26-16-7-3-6-15(20)11-16/h2-7,10-11H,8-9H2,1H3,(H,22,25). The van der Waals surface area contributed by atoms with Crippen LogP contribution in [0.2, 0.25) is 0 Å². The van der Waals surface area contributed by atoms with Gasteiger partial charge in [0.05, 0.1) is 18.2 Å². The fourth-order valence-electron chi connectivity index (χ4n) is 2.81. The fourth-order valence-corrected chi connectivity index (χ4v) is 3.19. The second-order valence-electron chi connectivity index (χ2n) is 6.01. The maximum atomic E-state index is 12.8. The molecule has 1 atom stereocenters. The van der Waals surface area contributed by atoms with E-state index in [1.165, 1.54) is 0 Å². The molecule has 3 amide bonds. The van der Waals surface area contributed by atoms with Crippen molar-refractivity contribution in [2.24, 2.45) is 0 Å². The quantitative estimate of drug-likeness (QED) is 0.763. The topological polar surface area (TPSA) is 82.4 Å². The van der Waals surface area contributed by atoms with E-state index < -0.39 is 11.6 Å². The molecule has 0 radical (unpaired) electrons. The Kier molecular flexibility index (Phi) is 4.96. The Labute approximate surface area is 159 Å². The number of hydrogen-bond acceptors (Lipinski definition) is 4. The summed E-state index contributed by atoms with van der Waals surface area (Å²) < 4.78 is 6.49. The minimum Gasteiger partial charge on any atom is -0.492 e. The molecule has 1 fully saturated rings. The highest BCUT2D eigenvalue weighted by atomic mass is 79.9. The van der Waals surface area contributed by atoms with Crippen LogP contribution >= 0.6 is 15.9 Å². The summed E-state index contributed by atoms with van der Waals surface area (Å²) in [5, 5.41) is 11.8. The molecule has 0 spiro atoms. The van der Waals surface area contributed by atoms with Gasteiger partial charge in [-0.1, -0.05) is 34.1 Å². The van der Waals surface area contributed by atoms with Crippen molar-refractivity contribution in [1.82, 2.24) is 10.2 Å². The van der Waals surface area contributed by atoms with Crippen molar-refractivity contribution in [3.8, 4) is 11.8 Å². The van der Waals surface area contributed by atoms with Crippen LogP contribution in [0.1, 0.15) is 18.1 Å². The number of rotatable bonds is 5. The highest BCUT2D eigenvalue weighted by Gasteiger charge is 2.48. The van der Waals surface area contributed by atoms with Crippen LogP contribution in [0.15, 0.2) is 53.0 Å². The van der Waals surface area contributed by atoms with E-state index in [0.717, 1.165) is 9.37 Å². The highest BCUT2D eigenvalue weighted by Crippen LogP contribution is 2.29. The van der Waals surface area contributed by atoms with Crippen LogP contribution in [0.5, 0.6) is 5.75 Å². The molecule has 2 aromatic rings. The van der Waals surface area contributed by atoms with Crippen LogP contribution in [0.25, 0.3) is 0 Å². The van der Waals surface area contributed by atoms with Crippen LogP contribution in [-0.2, 0) is 10.3 Å². The van der Waals surface area contributed by atoms with Crippen molar-refractivity contribution in [3.63, 3.8) is 0 Å². The molecular formula is C19H16BrN3O3. The number of ether oxygens (including phenoxy) is 1. The van der Waals surface area contributed by atoms with Crippen molar-refractivity contribution in [2.75, 3.05) is 13.2 Å². The average Bonchev–Trinajstić information content (AvgIpc) is 2.86. The van der Waals surface area contributed by atoms with E-state index in [2.05, 4.69) is 21.2 Å². The summed E-state index contributed by atoms with van der Waals surface area (Å²) in [5.74, 6) is 0.284. The second-order valence-corrected chi connectivity index (χ2v) is 6.93. The molecule has 2 aromatic carbocycles. The first-order valence-corrected chi connectivity index (χ1v) is 8.76. The molecule has 1 saturated heterocycles. The lowest BCUT2D eigenvalue weighted by Gasteiger charge is -2.22. The molecule has 132 valence electrons. The predicted octanol–water partition coefficient (Wildman–Crippen LogP) is 3.17. The van der Waals surface area contributed by atoms with Gasteiger partial charge in [-0.15, -0.1) is 0 Å². The van der Waals surface area contributed by atoms with Gasteiger partial charge in [-0.05, 0) is 42.8 Å². The lowest BCUT2D eigenvalue weighted by Crippen LogP contribution is -2.41. The van der Waals surface area contributed by atoms with E-state index >= 15 is 0 Å². The molecule has 1 aliphatic heterocycles. The van der Waals surface area contributed by atoms with Gasteiger partial charge in [-0.2, -0.15) is 5.26 Å². The SMILES string of the molecule is CC1(c2cccc(C#N)c2)NC(=O)N(CCOc2cccc(Br)c2)C1=O. The van der Waals surface area contributed by atoms with E-state index in [4.69, 9.17) is 10.00 Å². The van der Waals surface area contributed by atoms with E-state index in [1.807, 2.05) is 24.3 Å². The van der Waals surface area contributed by atoms with Gasteiger partial charge in [-0.25, -0.2) is 4.79 Å². The van der Waals surface area contributed by atoms with E-state index in [-0.39, 0.29) is 19.1 Å². The van der Waals surface area contributed by atoms with E-state index in [1.54, 1.807) is 37.3 Å². The zero-order valence-electron chi connectivity index (χ0n) is 14.0. The minimum atomic E-state index is -1.19. The molecule has 0 saturated carbocycles. The van der Waals surface area contributed by atoms with E-state index in [9.17, 15) is 9.59 Å². The zero-order valence-corrected chi connectivity index (χ0v) is 15.6. The molecule has 3 rings (SSSR count). The smallest absolute Gasteiger partial charge is 0.325 e. The van der Waals surface area contributed by atoms with Gasteiger partial charge in [0.2, 0.25) is 0 Å². The van der Waals surface area contributed by atoms with Crippen LogP contribution in [-0.4, -0.2) is 30.0 Å². The molecule has 0 aromatic heterocycles. The Bertz CT molecular complexity index is 909. The summed E-state index contributed by atoms with van der Waals surface area (Å²) in [6.07, 6.45) is 0. The summed E-state index contributed by atoms with van der Waals surface area (Å²) >= 11 is 3.36. The molecule has 7 heteroatoms. The van der Waals surface area contributed by atoms with Crippen molar-refractivity contribution >= 4 is 27.9 Å². The molecule has 1 heterocycles. The number of urea groups is 1. The number of carbonyl (C=O) groups is 2. The second kappa shape index (κ2) is 7.18. The van der Waals surface area contributed by atoms with Crippen molar-refractivity contribution < 1.29 is 14.3 Å². The Balaban J connectivity index is 1.71. The zero-order chi connectivity index (χ0) is 18.7. The third-order valence-corrected chi connectivity index (χ3v) is 4.72. The molecule has 1 N–H and O–H groups in total. The molecule has 1 aliphatic rings. The summed E-state index contributed by atoms with van der Waals surface area (Å²) in [6, 6.07) is 15.6. The third-order valence-electron chi connectivity index (χ3n) is 4.22. The van der Waals surface area contributed by atoms with Crippen molar-refractivity contribution in [3.05, 3.63) is 64.1 Å². The number of nitriles is 1. The van der Waals surface area contributed by atoms with Crippen LogP contribution in [0.3, 0.4) is 0 Å². The summed E-state index contributed by atoms with van der Waals surface area (Å²) in [4.78, 5) is 26.3. The number of nitrogens with zero attached hydrogens (tertiary/aromatic N) is 2. The molecule has 0 bridgehead atoms. The van der Waals surface area contributed by atoms with Gasteiger partial charge in [0.1, 0.15) is 17.9 Å². The highest BCUT2D eigenvalue weighted by molar-refractivity contribution is 9.10. The number of benzene rings is 2. The number of imide groups is 1. The first kappa shape index (κ1) is 18.0. The van der Waals surface area contributed by atoms with Gasteiger partial charge in [-0.3, -0.25) is 9.69 Å². The normalized spacial score (nSPS) is 19.2. The van der Waals surface area contributed by atoms with Gasteiger partial charge in [0.25, 0.3) is 5.91 Å². The Morgan fingerprint density at radius 1 is 1.23 bits per heavy atom. The number of hydrogen-bond donors (Lipinski definition) is 1. The average molecular weight is 414 g/mol. The Hall–Kier alpha value is -2.85. The third kappa shape index (κ3) is 3.41. The summed E-state index contributed by atoms with van der Waals surface area (Å²) in [5.41, 5.74) is -0.188. The Morgan fingerprint density at radius 2 is 2.00 bits per heavy atom. The number of nitrogens with one attached hydrogen (secondary N) is 1. The predicted molar refractivity (Wildman–Crippen MR) is 98.4 cm³/mol. The lowest BCUT2D eigenvalue weighted by molar-refractivity contribution is -0.131. The van der Waals surface area contributed by atoms with Crippen molar-refractivity contribution in [2.45, 2.75) is 12.5 Å². The van der Waals surface area contributed by atoms with Gasteiger partial charge >= 0.3 is 6.03 Å². The minimum absolute atomic E-state index is 0.130. The van der Waals surface area contributed by atoms with Gasteiger partial charge in [0.15, 0.2) is 0 Å². The largest absolute Gasteiger partial charge is 0.492 e. The fraction of sp³-hybridized carbons (Fsp3) is 0.211. The van der Waals surface area contributed by atoms with Gasteiger partial charge < -0.3 is 10.1 Å². The monoisotopic (exact) mass is 413 g/mol. The number of halogens is 1. The first-order valence-electron chi connectivity index (χ1n) is 7.97. The molecular weight excluding hydrogens is 398 g/mol. The first-order chi connectivity index (χ1) is 12.4. The van der Waals surface area contributed by atoms with Gasteiger partial charge in [0, 0.05) is 4.47 Å². The number of amides is 3. The van der Waals surface area contributed by atoms with Crippen molar-refractivity contribution in [1.29, 1.82) is 5.26 Å². The maximum absolute atomic E-state index is 12.8. The Morgan fingerprint density at radius 3 is 2.73 bits per heavy atom. The van der Waals surface area contributed by atoms with Crippen LogP contribution in [0, 0.1) is 11.3 Å². The van der Waals surface area contributed by atoms with Crippen LogP contribution < -0.4 is 10.1 Å². The van der Waals surface area contributed by atoms with Crippen LogP contribution in [0.4, 0.5) is 4.79 Å². The molecule has 1 unspecified atom stereocenters. The summed E-state index contributed by atoms with van der Waals surface area (Å²) in [6.45, 7) is 1.95. The summed E-state index contributed by atoms with van der Waals surface area (Å²) in [7, 11) is 0. The molecule has 0 aliphatic carbocycles. The molecule has 26 heavy (non-hydrogen) atoms. The number of carbonyl (C=O) groups excluding carboxylic acids is 2. The molecule has 6 nitrogen and oxygen atoms in total. The lowest BCUT2D eigenvalue weighted by atomic mass is 9.91. The van der Waals surface area contributed by atoms with E-state index in [0.29, 0.717) is 16.9 Å².